The van der Waals surface area contributed by atoms with Crippen LogP contribution in [0.1, 0.15) is 41.9 Å². The van der Waals surface area contributed by atoms with Crippen molar-refractivity contribution < 1.29 is 14.7 Å². The number of carbonyl (C=O) groups excluding carboxylic acids is 1. The van der Waals surface area contributed by atoms with Gasteiger partial charge in [-0.05, 0) is 43.7 Å². The Bertz CT molecular complexity index is 897. The molecule has 0 aliphatic carbocycles. The van der Waals surface area contributed by atoms with Crippen molar-refractivity contribution in [1.82, 2.24) is 19.7 Å². The molecule has 7 heteroatoms. The van der Waals surface area contributed by atoms with E-state index < -0.39 is 12.0 Å². The van der Waals surface area contributed by atoms with Crippen LogP contribution < -0.4 is 5.32 Å². The Morgan fingerprint density at radius 3 is 2.38 bits per heavy atom. The zero-order valence-electron chi connectivity index (χ0n) is 14.5. The van der Waals surface area contributed by atoms with Gasteiger partial charge in [0.15, 0.2) is 0 Å². The molecule has 2 unspecified atom stereocenters. The second-order valence-electron chi connectivity index (χ2n) is 6.10. The van der Waals surface area contributed by atoms with Crippen molar-refractivity contribution in [3.05, 3.63) is 72.3 Å². The third kappa shape index (κ3) is 3.66. The van der Waals surface area contributed by atoms with E-state index in [0.717, 1.165) is 11.3 Å². The Morgan fingerprint density at radius 1 is 1.12 bits per heavy atom. The summed E-state index contributed by atoms with van der Waals surface area (Å²) in [6.45, 7) is 3.40. The molecule has 2 N–H and O–H groups in total. The van der Waals surface area contributed by atoms with E-state index in [0.29, 0.717) is 5.56 Å². The Hall–Kier alpha value is -3.35. The standard InChI is InChI=1S/C19H20N4O3/c1-13(15-5-7-17(8-6-15)22-9-3-4-10-22)21-18(24)16-11-20-23(12-16)14(2)19(25)26/h3-14H,1-2H3,(H,21,24)(H,25,26). The van der Waals surface area contributed by atoms with Crippen molar-refractivity contribution in [3.8, 4) is 5.69 Å². The van der Waals surface area contributed by atoms with E-state index >= 15 is 0 Å². The van der Waals surface area contributed by atoms with Gasteiger partial charge in [-0.3, -0.25) is 9.48 Å². The van der Waals surface area contributed by atoms with Crippen molar-refractivity contribution in [3.63, 3.8) is 0 Å². The first-order valence-corrected chi connectivity index (χ1v) is 8.27. The van der Waals surface area contributed by atoms with Crippen molar-refractivity contribution in [2.75, 3.05) is 0 Å². The SMILES string of the molecule is CC(NC(=O)c1cnn(C(C)C(=O)O)c1)c1ccc(-n2cccc2)cc1. The number of hydrogen-bond donors (Lipinski definition) is 2. The summed E-state index contributed by atoms with van der Waals surface area (Å²) in [5.41, 5.74) is 2.34. The average Bonchev–Trinajstić information content (AvgIpc) is 3.33. The maximum atomic E-state index is 12.4. The van der Waals surface area contributed by atoms with Crippen LogP contribution in [0.5, 0.6) is 0 Å². The Balaban J connectivity index is 1.66. The summed E-state index contributed by atoms with van der Waals surface area (Å²) in [6, 6.07) is 10.8. The first-order valence-electron chi connectivity index (χ1n) is 8.27. The number of carboxylic acids is 1. The van der Waals surface area contributed by atoms with Crippen LogP contribution >= 0.6 is 0 Å². The van der Waals surface area contributed by atoms with Gasteiger partial charge in [0.2, 0.25) is 0 Å². The van der Waals surface area contributed by atoms with E-state index in [4.69, 9.17) is 5.11 Å². The smallest absolute Gasteiger partial charge is 0.328 e. The van der Waals surface area contributed by atoms with Gasteiger partial charge in [-0.15, -0.1) is 0 Å². The summed E-state index contributed by atoms with van der Waals surface area (Å²) in [5.74, 6) is -1.30. The average molecular weight is 352 g/mol. The first kappa shape index (κ1) is 17.5. The van der Waals surface area contributed by atoms with Gasteiger partial charge in [0, 0.05) is 24.3 Å². The number of carboxylic acid groups (broad SMARTS) is 1. The van der Waals surface area contributed by atoms with Crippen molar-refractivity contribution in [1.29, 1.82) is 0 Å². The number of benzene rings is 1. The Morgan fingerprint density at radius 2 is 1.77 bits per heavy atom. The molecule has 0 bridgehead atoms. The van der Waals surface area contributed by atoms with Gasteiger partial charge in [0.05, 0.1) is 17.8 Å². The molecule has 1 aromatic carbocycles. The molecule has 0 spiro atoms. The van der Waals surface area contributed by atoms with E-state index in [1.165, 1.54) is 24.0 Å². The number of hydrogen-bond acceptors (Lipinski definition) is 3. The predicted molar refractivity (Wildman–Crippen MR) is 96.2 cm³/mol. The molecule has 0 saturated carbocycles. The summed E-state index contributed by atoms with van der Waals surface area (Å²) in [5, 5.41) is 15.9. The minimum absolute atomic E-state index is 0.193. The van der Waals surface area contributed by atoms with Crippen LogP contribution in [0.2, 0.25) is 0 Å². The monoisotopic (exact) mass is 352 g/mol. The third-order valence-electron chi connectivity index (χ3n) is 4.26. The molecule has 1 amide bonds. The van der Waals surface area contributed by atoms with Gasteiger partial charge in [0.25, 0.3) is 5.91 Å². The molecule has 3 rings (SSSR count). The van der Waals surface area contributed by atoms with Crippen LogP contribution in [0.4, 0.5) is 0 Å². The van der Waals surface area contributed by atoms with Crippen LogP contribution in [-0.2, 0) is 4.79 Å². The van der Waals surface area contributed by atoms with Crippen molar-refractivity contribution >= 4 is 11.9 Å². The molecular weight excluding hydrogens is 332 g/mol. The maximum absolute atomic E-state index is 12.4. The highest BCUT2D eigenvalue weighted by molar-refractivity contribution is 5.94. The lowest BCUT2D eigenvalue weighted by molar-refractivity contribution is -0.140. The molecule has 134 valence electrons. The molecular formula is C19H20N4O3. The largest absolute Gasteiger partial charge is 0.480 e. The predicted octanol–water partition coefficient (Wildman–Crippen LogP) is 2.81. The van der Waals surface area contributed by atoms with Gasteiger partial charge < -0.3 is 15.0 Å². The molecule has 26 heavy (non-hydrogen) atoms. The highest BCUT2D eigenvalue weighted by atomic mass is 16.4. The molecule has 2 atom stereocenters. The number of amides is 1. The van der Waals surface area contributed by atoms with E-state index in [2.05, 4.69) is 10.4 Å². The summed E-state index contributed by atoms with van der Waals surface area (Å²) in [7, 11) is 0. The topological polar surface area (TPSA) is 89.2 Å². The number of carbonyl (C=O) groups is 2. The fourth-order valence-corrected chi connectivity index (χ4v) is 2.59. The number of aromatic nitrogens is 3. The van der Waals surface area contributed by atoms with Crippen LogP contribution in [0.25, 0.3) is 5.69 Å². The van der Waals surface area contributed by atoms with E-state index in [9.17, 15) is 9.59 Å². The van der Waals surface area contributed by atoms with E-state index in [-0.39, 0.29) is 11.9 Å². The van der Waals surface area contributed by atoms with Crippen LogP contribution in [0.15, 0.2) is 61.2 Å². The number of rotatable bonds is 6. The van der Waals surface area contributed by atoms with Crippen LogP contribution in [-0.4, -0.2) is 31.3 Å². The molecule has 0 aliphatic heterocycles. The minimum Gasteiger partial charge on any atom is -0.480 e. The third-order valence-corrected chi connectivity index (χ3v) is 4.26. The van der Waals surface area contributed by atoms with Gasteiger partial charge in [-0.2, -0.15) is 5.10 Å². The Kier molecular flexibility index (Phi) is 4.88. The van der Waals surface area contributed by atoms with Gasteiger partial charge >= 0.3 is 5.97 Å². The normalized spacial score (nSPS) is 13.2. The molecule has 3 aromatic rings. The van der Waals surface area contributed by atoms with Crippen molar-refractivity contribution in [2.45, 2.75) is 25.9 Å². The molecule has 7 nitrogen and oxygen atoms in total. The fourth-order valence-electron chi connectivity index (χ4n) is 2.59. The summed E-state index contributed by atoms with van der Waals surface area (Å²) >= 11 is 0. The molecule has 2 heterocycles. The number of nitrogens with one attached hydrogen (secondary N) is 1. The number of aliphatic carboxylic acids is 1. The minimum atomic E-state index is -1.00. The quantitative estimate of drug-likeness (QED) is 0.714. The molecule has 0 radical (unpaired) electrons. The van der Waals surface area contributed by atoms with Crippen LogP contribution in [0, 0.1) is 0 Å². The van der Waals surface area contributed by atoms with E-state index in [1.54, 1.807) is 0 Å². The Labute approximate surface area is 150 Å². The lowest BCUT2D eigenvalue weighted by Gasteiger charge is -2.14. The number of nitrogens with zero attached hydrogens (tertiary/aromatic N) is 3. The molecule has 0 fully saturated rings. The molecule has 2 aromatic heterocycles. The summed E-state index contributed by atoms with van der Waals surface area (Å²) in [6.07, 6.45) is 6.75. The second kappa shape index (κ2) is 7.26. The molecule has 0 aliphatic rings. The lowest BCUT2D eigenvalue weighted by atomic mass is 10.1. The van der Waals surface area contributed by atoms with Crippen molar-refractivity contribution in [2.24, 2.45) is 0 Å². The van der Waals surface area contributed by atoms with E-state index in [1.807, 2.05) is 60.3 Å². The van der Waals surface area contributed by atoms with Crippen LogP contribution in [0.3, 0.4) is 0 Å². The van der Waals surface area contributed by atoms with Gasteiger partial charge in [0.1, 0.15) is 6.04 Å². The summed E-state index contributed by atoms with van der Waals surface area (Å²) in [4.78, 5) is 23.4. The zero-order valence-corrected chi connectivity index (χ0v) is 14.5. The second-order valence-corrected chi connectivity index (χ2v) is 6.10. The highest BCUT2D eigenvalue weighted by Crippen LogP contribution is 2.17. The summed E-state index contributed by atoms with van der Waals surface area (Å²) < 4.78 is 3.26. The lowest BCUT2D eigenvalue weighted by Crippen LogP contribution is -2.26. The fraction of sp³-hybridized carbons (Fsp3) is 0.211. The van der Waals surface area contributed by atoms with Gasteiger partial charge in [-0.25, -0.2) is 4.79 Å². The highest BCUT2D eigenvalue weighted by Gasteiger charge is 2.18. The maximum Gasteiger partial charge on any atom is 0.328 e. The first-order chi connectivity index (χ1) is 12.5. The zero-order chi connectivity index (χ0) is 18.7. The van der Waals surface area contributed by atoms with Gasteiger partial charge in [-0.1, -0.05) is 12.1 Å². The molecule has 0 saturated heterocycles.